The molecule has 3 N–H and O–H groups in total. The van der Waals surface area contributed by atoms with E-state index in [4.69, 9.17) is 5.11 Å². The molecular formula is C13H17N3O2S. The molecule has 2 rings (SSSR count). The van der Waals surface area contributed by atoms with E-state index in [0.29, 0.717) is 18.7 Å². The van der Waals surface area contributed by atoms with Crippen molar-refractivity contribution in [3.8, 4) is 0 Å². The Labute approximate surface area is 115 Å². The first-order chi connectivity index (χ1) is 9.20. The molecule has 1 atom stereocenters. The van der Waals surface area contributed by atoms with Crippen molar-refractivity contribution in [1.82, 2.24) is 15.3 Å². The van der Waals surface area contributed by atoms with Crippen molar-refractivity contribution in [1.29, 1.82) is 0 Å². The third-order valence-electron chi connectivity index (χ3n) is 2.76. The van der Waals surface area contributed by atoms with Gasteiger partial charge in [0.05, 0.1) is 11.0 Å². The number of carboxylic acid groups (broad SMARTS) is 1. The summed E-state index contributed by atoms with van der Waals surface area (Å²) in [7, 11) is 0. The second-order valence-electron chi connectivity index (χ2n) is 4.14. The molecule has 0 aliphatic rings. The average Bonchev–Trinajstić information content (AvgIpc) is 2.80. The van der Waals surface area contributed by atoms with Crippen molar-refractivity contribution >= 4 is 28.8 Å². The number of aromatic amines is 1. The van der Waals surface area contributed by atoms with E-state index in [-0.39, 0.29) is 0 Å². The van der Waals surface area contributed by atoms with Gasteiger partial charge in [-0.2, -0.15) is 0 Å². The highest BCUT2D eigenvalue weighted by Gasteiger charge is 2.15. The Hall–Kier alpha value is -1.53. The summed E-state index contributed by atoms with van der Waals surface area (Å²) in [5, 5.41) is 12.8. The number of thioether (sulfide) groups is 1. The average molecular weight is 279 g/mol. The van der Waals surface area contributed by atoms with Crippen LogP contribution < -0.4 is 5.32 Å². The number of aliphatic carboxylic acids is 1. The molecular weight excluding hydrogens is 262 g/mol. The van der Waals surface area contributed by atoms with Crippen LogP contribution in [-0.2, 0) is 4.79 Å². The zero-order chi connectivity index (χ0) is 13.7. The van der Waals surface area contributed by atoms with E-state index in [0.717, 1.165) is 16.2 Å². The Bertz CT molecular complexity index is 523. The van der Waals surface area contributed by atoms with Crippen molar-refractivity contribution in [2.75, 3.05) is 12.3 Å². The lowest BCUT2D eigenvalue weighted by Gasteiger charge is -2.11. The van der Waals surface area contributed by atoms with E-state index >= 15 is 0 Å². The Morgan fingerprint density at radius 2 is 2.32 bits per heavy atom. The third kappa shape index (κ3) is 3.71. The van der Waals surface area contributed by atoms with E-state index in [1.807, 2.05) is 31.2 Å². The van der Waals surface area contributed by atoms with Crippen molar-refractivity contribution in [2.24, 2.45) is 0 Å². The molecule has 0 aliphatic heterocycles. The maximum absolute atomic E-state index is 11.0. The fourth-order valence-corrected chi connectivity index (χ4v) is 2.72. The normalized spacial score (nSPS) is 12.7. The Morgan fingerprint density at radius 3 is 3.00 bits per heavy atom. The first kappa shape index (κ1) is 13.9. The molecule has 0 fully saturated rings. The van der Waals surface area contributed by atoms with Gasteiger partial charge in [0, 0.05) is 5.75 Å². The summed E-state index contributed by atoms with van der Waals surface area (Å²) in [4.78, 5) is 18.6. The van der Waals surface area contributed by atoms with Gasteiger partial charge in [0.2, 0.25) is 0 Å². The number of H-pyrrole nitrogens is 1. The summed E-state index contributed by atoms with van der Waals surface area (Å²) in [6, 6.07) is 7.35. The number of carboxylic acids is 1. The van der Waals surface area contributed by atoms with Crippen molar-refractivity contribution in [3.05, 3.63) is 24.3 Å². The molecule has 1 aromatic heterocycles. The molecule has 0 saturated heterocycles. The van der Waals surface area contributed by atoms with Gasteiger partial charge in [-0.05, 0) is 25.1 Å². The van der Waals surface area contributed by atoms with Gasteiger partial charge in [0.25, 0.3) is 0 Å². The van der Waals surface area contributed by atoms with E-state index in [2.05, 4.69) is 15.3 Å². The first-order valence-corrected chi connectivity index (χ1v) is 7.23. The summed E-state index contributed by atoms with van der Waals surface area (Å²) in [5.41, 5.74) is 1.94. The molecule has 0 aliphatic carbocycles. The topological polar surface area (TPSA) is 78.0 Å². The number of hydrogen-bond acceptors (Lipinski definition) is 4. The molecule has 5 nitrogen and oxygen atoms in total. The lowest BCUT2D eigenvalue weighted by molar-refractivity contribution is -0.139. The zero-order valence-corrected chi connectivity index (χ0v) is 11.5. The summed E-state index contributed by atoms with van der Waals surface area (Å²) in [6.45, 7) is 2.56. The van der Waals surface area contributed by atoms with Crippen molar-refractivity contribution in [3.63, 3.8) is 0 Å². The molecule has 0 saturated carbocycles. The number of benzene rings is 1. The van der Waals surface area contributed by atoms with E-state index in [1.54, 1.807) is 11.8 Å². The molecule has 19 heavy (non-hydrogen) atoms. The third-order valence-corrected chi connectivity index (χ3v) is 3.67. The summed E-state index contributed by atoms with van der Waals surface area (Å²) in [6.07, 6.45) is 0.574. The molecule has 102 valence electrons. The van der Waals surface area contributed by atoms with Crippen LogP contribution in [0.4, 0.5) is 0 Å². The van der Waals surface area contributed by atoms with Gasteiger partial charge in [-0.3, -0.25) is 4.79 Å². The van der Waals surface area contributed by atoms with Crippen LogP contribution in [0.15, 0.2) is 29.4 Å². The highest BCUT2D eigenvalue weighted by molar-refractivity contribution is 7.99. The predicted octanol–water partition coefficient (Wildman–Crippen LogP) is 2.11. The van der Waals surface area contributed by atoms with E-state index < -0.39 is 12.0 Å². The Balaban J connectivity index is 1.89. The standard InChI is InChI=1S/C13H17N3O2S/c1-2-14-11(12(17)18)7-8-19-13-15-9-5-3-4-6-10(9)16-13/h3-6,11,14H,2,7-8H2,1H3,(H,15,16)(H,17,18). The molecule has 2 aromatic rings. The summed E-state index contributed by atoms with van der Waals surface area (Å²) < 4.78 is 0. The van der Waals surface area contributed by atoms with Gasteiger partial charge in [0.1, 0.15) is 6.04 Å². The highest BCUT2D eigenvalue weighted by Crippen LogP contribution is 2.20. The maximum Gasteiger partial charge on any atom is 0.320 e. The molecule has 0 amide bonds. The molecule has 0 radical (unpaired) electrons. The molecule has 1 heterocycles. The van der Waals surface area contributed by atoms with Crippen LogP contribution in [0.2, 0.25) is 0 Å². The maximum atomic E-state index is 11.0. The first-order valence-electron chi connectivity index (χ1n) is 6.24. The lowest BCUT2D eigenvalue weighted by atomic mass is 10.2. The smallest absolute Gasteiger partial charge is 0.320 e. The van der Waals surface area contributed by atoms with Crippen LogP contribution in [0.3, 0.4) is 0 Å². The molecule has 0 bridgehead atoms. The minimum absolute atomic E-state index is 0.484. The van der Waals surface area contributed by atoms with Gasteiger partial charge in [-0.15, -0.1) is 0 Å². The van der Waals surface area contributed by atoms with Gasteiger partial charge < -0.3 is 15.4 Å². The van der Waals surface area contributed by atoms with Gasteiger partial charge in [-0.1, -0.05) is 30.8 Å². The largest absolute Gasteiger partial charge is 0.480 e. The van der Waals surface area contributed by atoms with Crippen molar-refractivity contribution in [2.45, 2.75) is 24.5 Å². The number of likely N-dealkylation sites (N-methyl/N-ethyl adjacent to an activating group) is 1. The van der Waals surface area contributed by atoms with Crippen LogP contribution in [0.25, 0.3) is 11.0 Å². The Kier molecular flexibility index (Phi) is 4.81. The molecule has 1 aromatic carbocycles. The number of fused-ring (bicyclic) bond motifs is 1. The Morgan fingerprint density at radius 1 is 1.53 bits per heavy atom. The van der Waals surface area contributed by atoms with Crippen molar-refractivity contribution < 1.29 is 9.90 Å². The van der Waals surface area contributed by atoms with Crippen LogP contribution in [0.1, 0.15) is 13.3 Å². The highest BCUT2D eigenvalue weighted by atomic mass is 32.2. The fourth-order valence-electron chi connectivity index (χ4n) is 1.83. The van der Waals surface area contributed by atoms with E-state index in [1.165, 1.54) is 0 Å². The number of carbonyl (C=O) groups is 1. The van der Waals surface area contributed by atoms with Gasteiger partial charge in [0.15, 0.2) is 5.16 Å². The minimum Gasteiger partial charge on any atom is -0.480 e. The summed E-state index contributed by atoms with van der Waals surface area (Å²) >= 11 is 1.55. The number of aromatic nitrogens is 2. The monoisotopic (exact) mass is 279 g/mol. The van der Waals surface area contributed by atoms with Crippen LogP contribution in [-0.4, -0.2) is 39.4 Å². The summed E-state index contributed by atoms with van der Waals surface area (Å²) in [5.74, 6) is -0.0869. The lowest BCUT2D eigenvalue weighted by Crippen LogP contribution is -2.36. The fraction of sp³-hybridized carbons (Fsp3) is 0.385. The SMILES string of the molecule is CCNC(CCSc1nc2ccccc2[nH]1)C(=O)O. The number of para-hydroxylation sites is 2. The molecule has 1 unspecified atom stereocenters. The minimum atomic E-state index is -0.799. The number of imidazole rings is 1. The quantitative estimate of drug-likeness (QED) is 0.677. The molecule has 0 spiro atoms. The van der Waals surface area contributed by atoms with Gasteiger partial charge in [-0.25, -0.2) is 4.98 Å². The predicted molar refractivity (Wildman–Crippen MR) is 76.5 cm³/mol. The van der Waals surface area contributed by atoms with Gasteiger partial charge >= 0.3 is 5.97 Å². The zero-order valence-electron chi connectivity index (χ0n) is 10.7. The second kappa shape index (κ2) is 6.58. The molecule has 6 heteroatoms. The second-order valence-corrected chi connectivity index (χ2v) is 5.23. The van der Waals surface area contributed by atoms with Crippen LogP contribution >= 0.6 is 11.8 Å². The number of nitrogens with zero attached hydrogens (tertiary/aromatic N) is 1. The number of nitrogens with one attached hydrogen (secondary N) is 2. The number of rotatable bonds is 7. The van der Waals surface area contributed by atoms with Crippen LogP contribution in [0.5, 0.6) is 0 Å². The number of hydrogen-bond donors (Lipinski definition) is 3. The van der Waals surface area contributed by atoms with E-state index in [9.17, 15) is 4.79 Å². The van der Waals surface area contributed by atoms with Crippen LogP contribution in [0, 0.1) is 0 Å².